The monoisotopic (exact) mass is 1220 g/mol. The Morgan fingerprint density at radius 1 is 0.419 bits per heavy atom. The van der Waals surface area contributed by atoms with Crippen molar-refractivity contribution in [3.05, 3.63) is 36.5 Å². The molecule has 2 rings (SSSR count). The lowest BCUT2D eigenvalue weighted by Gasteiger charge is -2.46. The smallest absolute Gasteiger partial charge is 0.220 e. The average Bonchev–Trinajstić information content (AvgIpc) is 2.63. The third kappa shape index (κ3) is 40.8. The zero-order valence-electron chi connectivity index (χ0n) is 55.1. The van der Waals surface area contributed by atoms with Gasteiger partial charge in [-0.1, -0.05) is 301 Å². The van der Waals surface area contributed by atoms with Crippen LogP contribution in [0.3, 0.4) is 0 Å². The lowest BCUT2D eigenvalue weighted by Crippen LogP contribution is -2.65. The van der Waals surface area contributed by atoms with Crippen LogP contribution >= 0.6 is 0 Å². The van der Waals surface area contributed by atoms with E-state index in [0.29, 0.717) is 6.42 Å². The van der Waals surface area contributed by atoms with Gasteiger partial charge in [0.2, 0.25) is 5.91 Å². The summed E-state index contributed by atoms with van der Waals surface area (Å²) in [4.78, 5) is 13.3. The molecule has 2 fully saturated rings. The molecule has 0 radical (unpaired) electrons. The van der Waals surface area contributed by atoms with Crippen molar-refractivity contribution in [2.24, 2.45) is 0 Å². The van der Waals surface area contributed by atoms with Crippen molar-refractivity contribution < 1.29 is 64.6 Å². The van der Waals surface area contributed by atoms with E-state index in [4.69, 9.17) is 18.9 Å². The summed E-state index contributed by atoms with van der Waals surface area (Å²) < 4.78 is 22.9. The first-order chi connectivity index (χ1) is 42.1. The summed E-state index contributed by atoms with van der Waals surface area (Å²) in [5.41, 5.74) is 0. The van der Waals surface area contributed by atoms with Crippen LogP contribution in [-0.4, -0.2) is 140 Å². The minimum atomic E-state index is -1.79. The molecule has 14 nitrogen and oxygen atoms in total. The quantitative estimate of drug-likeness (QED) is 0.0204. The van der Waals surface area contributed by atoms with Gasteiger partial charge >= 0.3 is 0 Å². The van der Waals surface area contributed by atoms with Crippen molar-refractivity contribution in [1.82, 2.24) is 5.32 Å². The van der Waals surface area contributed by atoms with Crippen molar-refractivity contribution >= 4 is 5.91 Å². The summed E-state index contributed by atoms with van der Waals surface area (Å²) in [6.07, 6.45) is 56.3. The molecule has 0 bridgehead atoms. The maximum Gasteiger partial charge on any atom is 0.220 e. The Morgan fingerprint density at radius 2 is 0.767 bits per heavy atom. The molecule has 0 aromatic carbocycles. The van der Waals surface area contributed by atoms with Crippen LogP contribution in [0.25, 0.3) is 0 Å². The molecule has 1 amide bonds. The number of rotatable bonds is 60. The van der Waals surface area contributed by atoms with Gasteiger partial charge in [-0.3, -0.25) is 4.79 Å². The molecule has 0 spiro atoms. The summed E-state index contributed by atoms with van der Waals surface area (Å²) in [5.74, 6) is -0.233. The van der Waals surface area contributed by atoms with E-state index >= 15 is 0 Å². The fourth-order valence-electron chi connectivity index (χ4n) is 12.0. The number of ether oxygens (including phenoxy) is 4. The van der Waals surface area contributed by atoms with Crippen molar-refractivity contribution in [1.29, 1.82) is 0 Å². The average molecular weight is 1220 g/mol. The summed E-state index contributed by atoms with van der Waals surface area (Å²) in [6.45, 7) is 2.83. The standard InChI is InChI=1S/C72H135NO13/c1-3-5-7-9-11-13-15-17-19-21-23-24-25-26-27-28-29-30-31-32-33-34-35-36-38-40-42-44-46-48-50-52-54-56-64(77)73-60(61(76)55-53-51-49-47-45-43-41-39-37-22-20-18-16-14-12-10-8-6-4-2)59-83-71-69(82)67(80)70(63(58-75)85-71)86-72-68(81)66(79)65(78)62(57-74)84-72/h15,17,21,23,53,55,60-63,65-72,74-76,78-82H,3-14,16,18-20,22,24-52,54,56-59H2,1-2H3,(H,73,77)/b17-15-,23-21-,55-53+. The molecule has 0 aliphatic carbocycles. The van der Waals surface area contributed by atoms with E-state index in [1.807, 2.05) is 6.08 Å². The number of nitrogens with one attached hydrogen (secondary N) is 1. The maximum absolute atomic E-state index is 13.3. The zero-order valence-corrected chi connectivity index (χ0v) is 55.1. The fourth-order valence-corrected chi connectivity index (χ4v) is 12.0. The van der Waals surface area contributed by atoms with Gasteiger partial charge in [-0.2, -0.15) is 0 Å². The van der Waals surface area contributed by atoms with E-state index in [0.717, 1.165) is 44.9 Å². The zero-order chi connectivity index (χ0) is 62.3. The molecule has 14 heteroatoms. The summed E-state index contributed by atoms with van der Waals surface area (Å²) in [6, 6.07) is -0.913. The van der Waals surface area contributed by atoms with Crippen molar-refractivity contribution in [2.75, 3.05) is 19.8 Å². The van der Waals surface area contributed by atoms with Gasteiger partial charge in [0, 0.05) is 6.42 Å². The van der Waals surface area contributed by atoms with Gasteiger partial charge in [-0.15, -0.1) is 0 Å². The van der Waals surface area contributed by atoms with Crippen LogP contribution < -0.4 is 5.32 Å². The number of carbonyl (C=O) groups excluding carboxylic acids is 1. The molecule has 12 unspecified atom stereocenters. The Morgan fingerprint density at radius 3 is 1.16 bits per heavy atom. The topological polar surface area (TPSA) is 228 Å². The Balaban J connectivity index is 1.63. The highest BCUT2D eigenvalue weighted by Crippen LogP contribution is 2.30. The summed E-state index contributed by atoms with van der Waals surface area (Å²) in [5, 5.41) is 87.4. The number of amides is 1. The van der Waals surface area contributed by atoms with Crippen molar-refractivity contribution in [3.8, 4) is 0 Å². The van der Waals surface area contributed by atoms with Crippen molar-refractivity contribution in [3.63, 3.8) is 0 Å². The van der Waals surface area contributed by atoms with Gasteiger partial charge in [-0.25, -0.2) is 0 Å². The van der Waals surface area contributed by atoms with E-state index < -0.39 is 86.8 Å². The molecule has 9 N–H and O–H groups in total. The minimum Gasteiger partial charge on any atom is -0.394 e. The number of allylic oxidation sites excluding steroid dienone is 5. The molecule has 2 saturated heterocycles. The molecular formula is C72H135NO13. The first kappa shape index (κ1) is 80.3. The normalized spacial score (nSPS) is 23.6. The van der Waals surface area contributed by atoms with Gasteiger partial charge < -0.3 is 65.1 Å². The highest BCUT2D eigenvalue weighted by Gasteiger charge is 2.51. The van der Waals surface area contributed by atoms with Crippen LogP contribution in [0.4, 0.5) is 0 Å². The van der Waals surface area contributed by atoms with Gasteiger partial charge in [0.25, 0.3) is 0 Å². The Bertz CT molecular complexity index is 1580. The maximum atomic E-state index is 13.3. The number of aliphatic hydroxyl groups is 8. The summed E-state index contributed by atoms with van der Waals surface area (Å²) >= 11 is 0. The van der Waals surface area contributed by atoms with E-state index in [9.17, 15) is 45.6 Å². The largest absolute Gasteiger partial charge is 0.394 e. The van der Waals surface area contributed by atoms with Crippen LogP contribution in [0.2, 0.25) is 0 Å². The fraction of sp³-hybridized carbons (Fsp3) is 0.903. The van der Waals surface area contributed by atoms with E-state index in [-0.39, 0.29) is 18.9 Å². The first-order valence-corrected chi connectivity index (χ1v) is 36.2. The SMILES string of the molecule is CCCCCCC/C=C\C/C=C\CCCCCCCCCCCCCCCCCCCCCCCC(=O)NC(COC1OC(CO)C(OC2OC(CO)C(O)C(O)C2O)C(O)C1O)C(O)/C=C/CCCCCCCCCCCCCCCCCCC. The van der Waals surface area contributed by atoms with Crippen LogP contribution in [0.15, 0.2) is 36.5 Å². The molecule has 0 saturated carbocycles. The predicted molar refractivity (Wildman–Crippen MR) is 351 cm³/mol. The molecular weight excluding hydrogens is 1090 g/mol. The summed E-state index contributed by atoms with van der Waals surface area (Å²) in [7, 11) is 0. The first-order valence-electron chi connectivity index (χ1n) is 36.2. The van der Waals surface area contributed by atoms with Gasteiger partial charge in [0.15, 0.2) is 12.6 Å². The molecule has 12 atom stereocenters. The predicted octanol–water partition coefficient (Wildman–Crippen LogP) is 14.9. The van der Waals surface area contributed by atoms with E-state index in [1.54, 1.807) is 6.08 Å². The third-order valence-electron chi connectivity index (χ3n) is 17.8. The second-order valence-corrected chi connectivity index (χ2v) is 25.7. The molecule has 506 valence electrons. The highest BCUT2D eigenvalue weighted by atomic mass is 16.7. The molecule has 2 aliphatic heterocycles. The van der Waals surface area contributed by atoms with Gasteiger partial charge in [-0.05, 0) is 51.4 Å². The molecule has 86 heavy (non-hydrogen) atoms. The van der Waals surface area contributed by atoms with Crippen LogP contribution in [0.1, 0.15) is 322 Å². The lowest BCUT2D eigenvalue weighted by atomic mass is 9.97. The van der Waals surface area contributed by atoms with Crippen LogP contribution in [-0.2, 0) is 23.7 Å². The Hall–Kier alpha value is -1.79. The lowest BCUT2D eigenvalue weighted by molar-refractivity contribution is -0.359. The molecule has 0 aromatic heterocycles. The van der Waals surface area contributed by atoms with Crippen LogP contribution in [0, 0.1) is 0 Å². The van der Waals surface area contributed by atoms with Crippen molar-refractivity contribution in [2.45, 2.75) is 396 Å². The molecule has 2 heterocycles. The number of carbonyl (C=O) groups is 1. The second-order valence-electron chi connectivity index (χ2n) is 25.7. The van der Waals surface area contributed by atoms with Gasteiger partial charge in [0.05, 0.1) is 32.0 Å². The van der Waals surface area contributed by atoms with Crippen LogP contribution in [0.5, 0.6) is 0 Å². The second kappa shape index (κ2) is 57.1. The number of aliphatic hydroxyl groups excluding tert-OH is 8. The minimum absolute atomic E-state index is 0.233. The highest BCUT2D eigenvalue weighted by molar-refractivity contribution is 5.76. The molecule has 2 aliphatic rings. The third-order valence-corrected chi connectivity index (χ3v) is 17.8. The number of hydrogen-bond donors (Lipinski definition) is 9. The Kier molecular flexibility index (Phi) is 53.4. The van der Waals surface area contributed by atoms with E-state index in [2.05, 4.69) is 43.5 Å². The molecule has 0 aromatic rings. The van der Waals surface area contributed by atoms with Gasteiger partial charge in [0.1, 0.15) is 48.8 Å². The Labute approximate surface area is 525 Å². The van der Waals surface area contributed by atoms with E-state index in [1.165, 1.54) is 250 Å². The number of hydrogen-bond acceptors (Lipinski definition) is 13. The number of unbranched alkanes of at least 4 members (excludes halogenated alkanes) is 43.